The number of hydrogen-bond acceptors (Lipinski definition) is 2. The van der Waals surface area contributed by atoms with Crippen LogP contribution in [0.1, 0.15) is 129 Å². The van der Waals surface area contributed by atoms with Gasteiger partial charge in [0.2, 0.25) is 0 Å². The summed E-state index contributed by atoms with van der Waals surface area (Å²) in [4.78, 5) is 0. The van der Waals surface area contributed by atoms with Crippen LogP contribution in [0.25, 0.3) is 0 Å². The quantitative estimate of drug-likeness (QED) is 0.206. The van der Waals surface area contributed by atoms with Crippen LogP contribution in [0.5, 0.6) is 0 Å². The Balaban J connectivity index is 2.94. The first kappa shape index (κ1) is 24.9. The molecule has 0 aromatic heterocycles. The molecule has 0 unspecified atom stereocenters. The zero-order valence-corrected chi connectivity index (χ0v) is 17.6. The topological polar surface area (TPSA) is 38.0 Å². The fourth-order valence-electron chi connectivity index (χ4n) is 3.49. The molecular formula is C23H50N2. The lowest BCUT2D eigenvalue weighted by Crippen LogP contribution is -2.16. The van der Waals surface area contributed by atoms with Crippen LogP contribution in [-0.4, -0.2) is 19.6 Å². The minimum Gasteiger partial charge on any atom is -0.330 e. The van der Waals surface area contributed by atoms with Crippen LogP contribution in [0.15, 0.2) is 0 Å². The van der Waals surface area contributed by atoms with Crippen molar-refractivity contribution in [3.63, 3.8) is 0 Å². The van der Waals surface area contributed by atoms with Gasteiger partial charge in [-0.15, -0.1) is 0 Å². The Bertz CT molecular complexity index is 196. The van der Waals surface area contributed by atoms with E-state index in [4.69, 9.17) is 5.73 Å². The molecule has 2 nitrogen and oxygen atoms in total. The Morgan fingerprint density at radius 3 is 1.12 bits per heavy atom. The predicted molar refractivity (Wildman–Crippen MR) is 115 cm³/mol. The molecule has 0 aromatic carbocycles. The molecule has 0 saturated carbocycles. The third-order valence-electron chi connectivity index (χ3n) is 5.26. The van der Waals surface area contributed by atoms with E-state index in [2.05, 4.69) is 12.2 Å². The summed E-state index contributed by atoms with van der Waals surface area (Å²) >= 11 is 0. The Morgan fingerprint density at radius 2 is 0.760 bits per heavy atom. The largest absolute Gasteiger partial charge is 0.330 e. The summed E-state index contributed by atoms with van der Waals surface area (Å²) in [6.45, 7) is 5.53. The average Bonchev–Trinajstić information content (AvgIpc) is 2.63. The molecule has 0 spiro atoms. The monoisotopic (exact) mass is 354 g/mol. The molecule has 0 radical (unpaired) electrons. The van der Waals surface area contributed by atoms with Gasteiger partial charge in [-0.3, -0.25) is 0 Å². The standard InChI is InChI=1S/C23H50N2/c1-2-3-4-5-6-7-8-9-10-11-12-13-14-15-16-19-22-25-23-20-17-18-21-24/h25H,2-24H2,1H3. The Hall–Kier alpha value is -0.0800. The van der Waals surface area contributed by atoms with E-state index >= 15 is 0 Å². The highest BCUT2D eigenvalue weighted by Crippen LogP contribution is 2.13. The first-order valence-electron chi connectivity index (χ1n) is 11.8. The minimum atomic E-state index is 0.846. The van der Waals surface area contributed by atoms with Crippen LogP contribution in [0.2, 0.25) is 0 Å². The summed E-state index contributed by atoms with van der Waals surface area (Å²) < 4.78 is 0. The highest BCUT2D eigenvalue weighted by atomic mass is 14.8. The molecule has 2 heteroatoms. The number of rotatable bonds is 22. The average molecular weight is 355 g/mol. The second-order valence-corrected chi connectivity index (χ2v) is 7.90. The lowest BCUT2D eigenvalue weighted by atomic mass is 10.0. The summed E-state index contributed by atoms with van der Waals surface area (Å²) in [7, 11) is 0. The molecule has 3 N–H and O–H groups in total. The fraction of sp³-hybridized carbons (Fsp3) is 1.00. The number of nitrogens with one attached hydrogen (secondary N) is 1. The van der Waals surface area contributed by atoms with Crippen molar-refractivity contribution >= 4 is 0 Å². The van der Waals surface area contributed by atoms with E-state index in [0.717, 1.165) is 6.54 Å². The molecule has 152 valence electrons. The smallest absolute Gasteiger partial charge is 0.00489 e. The lowest BCUT2D eigenvalue weighted by Gasteiger charge is -2.05. The Kier molecular flexibility index (Phi) is 23.8. The SMILES string of the molecule is CCCCCCCCCCCCCCCCCCNCCCCCN. The van der Waals surface area contributed by atoms with Crippen molar-refractivity contribution in [1.82, 2.24) is 5.32 Å². The van der Waals surface area contributed by atoms with Crippen LogP contribution in [0.3, 0.4) is 0 Å². The van der Waals surface area contributed by atoms with Crippen LogP contribution < -0.4 is 11.1 Å². The van der Waals surface area contributed by atoms with E-state index < -0.39 is 0 Å². The van der Waals surface area contributed by atoms with Crippen molar-refractivity contribution in [2.45, 2.75) is 129 Å². The first-order chi connectivity index (χ1) is 12.4. The highest BCUT2D eigenvalue weighted by molar-refractivity contribution is 4.52. The number of unbranched alkanes of at least 4 members (excludes halogenated alkanes) is 17. The highest BCUT2D eigenvalue weighted by Gasteiger charge is 1.95. The number of hydrogen-bond donors (Lipinski definition) is 2. The summed E-state index contributed by atoms with van der Waals surface area (Å²) in [5.41, 5.74) is 5.49. The third-order valence-corrected chi connectivity index (χ3v) is 5.26. The van der Waals surface area contributed by atoms with Crippen molar-refractivity contribution in [1.29, 1.82) is 0 Å². The van der Waals surface area contributed by atoms with Crippen molar-refractivity contribution < 1.29 is 0 Å². The molecule has 0 aliphatic carbocycles. The van der Waals surface area contributed by atoms with Crippen LogP contribution in [0.4, 0.5) is 0 Å². The van der Waals surface area contributed by atoms with E-state index in [1.165, 1.54) is 135 Å². The summed E-state index contributed by atoms with van der Waals surface area (Å²) in [6, 6.07) is 0. The van der Waals surface area contributed by atoms with Crippen LogP contribution in [-0.2, 0) is 0 Å². The molecule has 0 atom stereocenters. The molecule has 0 amide bonds. The van der Waals surface area contributed by atoms with Gasteiger partial charge >= 0.3 is 0 Å². The maximum absolute atomic E-state index is 5.49. The molecular weight excluding hydrogens is 304 g/mol. The van der Waals surface area contributed by atoms with E-state index in [-0.39, 0.29) is 0 Å². The van der Waals surface area contributed by atoms with Gasteiger partial charge in [-0.05, 0) is 38.9 Å². The molecule has 0 bridgehead atoms. The van der Waals surface area contributed by atoms with Crippen molar-refractivity contribution in [3.8, 4) is 0 Å². The van der Waals surface area contributed by atoms with Gasteiger partial charge in [0.15, 0.2) is 0 Å². The lowest BCUT2D eigenvalue weighted by molar-refractivity contribution is 0.523. The van der Waals surface area contributed by atoms with E-state index in [1.807, 2.05) is 0 Å². The zero-order valence-electron chi connectivity index (χ0n) is 17.6. The van der Waals surface area contributed by atoms with Crippen LogP contribution in [0, 0.1) is 0 Å². The minimum absolute atomic E-state index is 0.846. The van der Waals surface area contributed by atoms with Gasteiger partial charge in [-0.2, -0.15) is 0 Å². The maximum atomic E-state index is 5.49. The molecule has 0 aromatic rings. The zero-order chi connectivity index (χ0) is 18.3. The summed E-state index contributed by atoms with van der Waals surface area (Å²) in [5, 5.41) is 3.55. The molecule has 0 aliphatic heterocycles. The van der Waals surface area contributed by atoms with Gasteiger partial charge in [0.25, 0.3) is 0 Å². The van der Waals surface area contributed by atoms with Gasteiger partial charge in [0.05, 0.1) is 0 Å². The Morgan fingerprint density at radius 1 is 0.440 bits per heavy atom. The summed E-state index contributed by atoms with van der Waals surface area (Å²) in [5.74, 6) is 0. The second-order valence-electron chi connectivity index (χ2n) is 7.90. The molecule has 0 aliphatic rings. The molecule has 0 heterocycles. The first-order valence-corrected chi connectivity index (χ1v) is 11.8. The third kappa shape index (κ3) is 23.9. The van der Waals surface area contributed by atoms with Crippen LogP contribution >= 0.6 is 0 Å². The van der Waals surface area contributed by atoms with Gasteiger partial charge in [0, 0.05) is 0 Å². The van der Waals surface area contributed by atoms with Gasteiger partial charge in [-0.1, -0.05) is 110 Å². The molecule has 0 rings (SSSR count). The molecule has 0 fully saturated rings. The maximum Gasteiger partial charge on any atom is -0.00489 e. The van der Waals surface area contributed by atoms with Gasteiger partial charge in [0.1, 0.15) is 0 Å². The van der Waals surface area contributed by atoms with E-state index in [9.17, 15) is 0 Å². The van der Waals surface area contributed by atoms with Crippen molar-refractivity contribution in [2.75, 3.05) is 19.6 Å². The number of nitrogens with two attached hydrogens (primary N) is 1. The normalized spacial score (nSPS) is 11.3. The second kappa shape index (κ2) is 23.9. The van der Waals surface area contributed by atoms with Gasteiger partial charge < -0.3 is 11.1 Å². The Labute approximate surface area is 160 Å². The van der Waals surface area contributed by atoms with Crippen molar-refractivity contribution in [3.05, 3.63) is 0 Å². The molecule has 25 heavy (non-hydrogen) atoms. The van der Waals surface area contributed by atoms with E-state index in [1.54, 1.807) is 0 Å². The van der Waals surface area contributed by atoms with Crippen molar-refractivity contribution in [2.24, 2.45) is 5.73 Å². The van der Waals surface area contributed by atoms with Gasteiger partial charge in [-0.25, -0.2) is 0 Å². The predicted octanol–water partition coefficient (Wildman–Crippen LogP) is 6.97. The summed E-state index contributed by atoms with van der Waals surface area (Å²) in [6.07, 6.45) is 26.9. The molecule has 0 saturated heterocycles. The fourth-order valence-corrected chi connectivity index (χ4v) is 3.49. The van der Waals surface area contributed by atoms with E-state index in [0.29, 0.717) is 0 Å².